The highest BCUT2D eigenvalue weighted by molar-refractivity contribution is 6.31. The molecular weight excluding hydrogens is 243 g/mol. The number of anilines is 1. The molecule has 0 fully saturated rings. The van der Waals surface area contributed by atoms with Crippen molar-refractivity contribution in [3.8, 4) is 0 Å². The Morgan fingerprint density at radius 3 is 2.47 bits per heavy atom. The second-order valence-electron chi connectivity index (χ2n) is 2.38. The van der Waals surface area contributed by atoms with E-state index in [4.69, 9.17) is 23.2 Å². The molecule has 0 radical (unpaired) electrons. The Bertz CT molecular complexity index is 422. The minimum Gasteiger partial charge on any atom is -0.347 e. The molecule has 0 aliphatic rings. The fraction of sp³-hybridized carbons (Fsp3) is 0.200. The van der Waals surface area contributed by atoms with Gasteiger partial charge in [-0.25, -0.2) is 0 Å². The van der Waals surface area contributed by atoms with Crippen molar-refractivity contribution in [3.63, 3.8) is 0 Å². The van der Waals surface area contributed by atoms with Crippen LogP contribution in [0.3, 0.4) is 0 Å². The lowest BCUT2D eigenvalue weighted by Gasteiger charge is -2.01. The van der Waals surface area contributed by atoms with Crippen LogP contribution in [0.2, 0.25) is 10.6 Å². The lowest BCUT2D eigenvalue weighted by molar-refractivity contribution is 0.881. The van der Waals surface area contributed by atoms with Crippen LogP contribution in [0.5, 0.6) is 0 Å². The smallest absolute Gasteiger partial charge is 0.228 e. The zero-order valence-corrected chi connectivity index (χ0v) is 8.66. The molecule has 15 heavy (non-hydrogen) atoms. The number of aromatic nitrogens is 7. The first-order chi connectivity index (χ1) is 7.24. The molecule has 0 spiro atoms. The Labute approximate surface area is 93.4 Å². The molecule has 0 amide bonds. The van der Waals surface area contributed by atoms with Crippen molar-refractivity contribution in [2.24, 2.45) is 0 Å². The number of nitrogens with zero attached hydrogens (tertiary/aromatic N) is 6. The van der Waals surface area contributed by atoms with E-state index in [1.165, 1.54) is 0 Å². The van der Waals surface area contributed by atoms with Crippen molar-refractivity contribution in [1.82, 2.24) is 35.6 Å². The number of aromatic amines is 1. The summed E-state index contributed by atoms with van der Waals surface area (Å²) in [6.07, 6.45) is 0. The largest absolute Gasteiger partial charge is 0.347 e. The number of hydrogen-bond donors (Lipinski definition) is 2. The highest BCUT2D eigenvalue weighted by atomic mass is 35.5. The molecule has 2 aromatic heterocycles. The van der Waals surface area contributed by atoms with Gasteiger partial charge in [0.15, 0.2) is 5.82 Å². The van der Waals surface area contributed by atoms with E-state index in [9.17, 15) is 0 Å². The van der Waals surface area contributed by atoms with Gasteiger partial charge in [-0.05, 0) is 23.2 Å². The van der Waals surface area contributed by atoms with Gasteiger partial charge in [0.05, 0.1) is 6.54 Å². The van der Waals surface area contributed by atoms with E-state index < -0.39 is 0 Å². The molecule has 2 N–H and O–H groups in total. The van der Waals surface area contributed by atoms with Gasteiger partial charge in [-0.15, -0.1) is 10.2 Å². The first-order valence-electron chi connectivity index (χ1n) is 3.77. The van der Waals surface area contributed by atoms with E-state index in [0.29, 0.717) is 12.4 Å². The standard InChI is InChI=1S/C5H4Cl2N8/c6-3-9-4(7)11-5(10-3)8-1-2-12-14-15-13-2/h1H2,(H,8,9,10,11)(H,12,13,14,15). The summed E-state index contributed by atoms with van der Waals surface area (Å²) in [5.74, 6) is 0.729. The van der Waals surface area contributed by atoms with E-state index in [0.717, 1.165) is 0 Å². The molecule has 0 saturated heterocycles. The second-order valence-corrected chi connectivity index (χ2v) is 3.05. The molecule has 2 heterocycles. The predicted molar refractivity (Wildman–Crippen MR) is 51.4 cm³/mol. The summed E-state index contributed by atoms with van der Waals surface area (Å²) in [5.41, 5.74) is 0. The second kappa shape index (κ2) is 4.32. The third kappa shape index (κ3) is 2.70. The normalized spacial score (nSPS) is 10.3. The van der Waals surface area contributed by atoms with Crippen LogP contribution in [0.1, 0.15) is 5.82 Å². The molecule has 8 nitrogen and oxygen atoms in total. The van der Waals surface area contributed by atoms with Crippen molar-refractivity contribution in [2.75, 3.05) is 5.32 Å². The fourth-order valence-electron chi connectivity index (χ4n) is 0.820. The van der Waals surface area contributed by atoms with E-state index in [2.05, 4.69) is 40.9 Å². The average molecular weight is 247 g/mol. The molecule has 0 unspecified atom stereocenters. The predicted octanol–water partition coefficient (Wildman–Crippen LogP) is 0.304. The molecule has 0 aromatic carbocycles. The highest BCUT2D eigenvalue weighted by Gasteiger charge is 2.04. The van der Waals surface area contributed by atoms with Gasteiger partial charge in [0.25, 0.3) is 0 Å². The molecule has 2 aromatic rings. The van der Waals surface area contributed by atoms with Gasteiger partial charge < -0.3 is 5.32 Å². The number of nitrogens with one attached hydrogen (secondary N) is 2. The third-order valence-electron chi connectivity index (χ3n) is 1.37. The SMILES string of the molecule is Clc1nc(Cl)nc(NCc2nn[nH]n2)n1. The molecule has 0 aliphatic carbocycles. The van der Waals surface area contributed by atoms with Gasteiger partial charge >= 0.3 is 0 Å². The topological polar surface area (TPSA) is 105 Å². The Hall–Kier alpha value is -1.54. The first kappa shape index (κ1) is 9.99. The van der Waals surface area contributed by atoms with Crippen molar-refractivity contribution in [3.05, 3.63) is 16.4 Å². The van der Waals surface area contributed by atoms with Gasteiger partial charge in [0.1, 0.15) is 0 Å². The van der Waals surface area contributed by atoms with E-state index >= 15 is 0 Å². The lowest BCUT2D eigenvalue weighted by atomic mass is 10.6. The van der Waals surface area contributed by atoms with Crippen LogP contribution < -0.4 is 5.32 Å². The van der Waals surface area contributed by atoms with Crippen LogP contribution in [0.15, 0.2) is 0 Å². The summed E-state index contributed by atoms with van der Waals surface area (Å²) in [5, 5.41) is 16.0. The van der Waals surface area contributed by atoms with E-state index in [1.54, 1.807) is 0 Å². The summed E-state index contributed by atoms with van der Waals surface area (Å²) < 4.78 is 0. The fourth-order valence-corrected chi connectivity index (χ4v) is 1.18. The molecular formula is C5H4Cl2N8. The quantitative estimate of drug-likeness (QED) is 0.803. The summed E-state index contributed by atoms with van der Waals surface area (Å²) in [6.45, 7) is 0.313. The average Bonchev–Trinajstić information content (AvgIpc) is 2.65. The number of tetrazole rings is 1. The van der Waals surface area contributed by atoms with Crippen molar-refractivity contribution in [1.29, 1.82) is 0 Å². The minimum atomic E-state index is 0.0191. The summed E-state index contributed by atoms with van der Waals surface area (Å²) in [7, 11) is 0. The molecule has 0 atom stereocenters. The third-order valence-corrected chi connectivity index (χ3v) is 1.71. The molecule has 2 rings (SSSR count). The van der Waals surface area contributed by atoms with Gasteiger partial charge in [-0.3, -0.25) is 0 Å². The number of rotatable bonds is 3. The summed E-state index contributed by atoms with van der Waals surface area (Å²) >= 11 is 11.1. The molecule has 0 aliphatic heterocycles. The minimum absolute atomic E-state index is 0.0191. The number of H-pyrrole nitrogens is 1. The van der Waals surface area contributed by atoms with Crippen molar-refractivity contribution < 1.29 is 0 Å². The van der Waals surface area contributed by atoms with Crippen LogP contribution in [-0.4, -0.2) is 35.6 Å². The lowest BCUT2D eigenvalue weighted by Crippen LogP contribution is -2.06. The Balaban J connectivity index is 2.05. The van der Waals surface area contributed by atoms with Gasteiger partial charge in [0, 0.05) is 0 Å². The maximum absolute atomic E-state index is 5.57. The molecule has 78 valence electrons. The summed E-state index contributed by atoms with van der Waals surface area (Å²) in [4.78, 5) is 11.2. The van der Waals surface area contributed by atoms with Crippen LogP contribution in [0, 0.1) is 0 Å². The van der Waals surface area contributed by atoms with E-state index in [1.807, 2.05) is 0 Å². The van der Waals surface area contributed by atoms with Crippen molar-refractivity contribution in [2.45, 2.75) is 6.54 Å². The Morgan fingerprint density at radius 2 is 1.87 bits per heavy atom. The van der Waals surface area contributed by atoms with Crippen LogP contribution in [-0.2, 0) is 6.54 Å². The highest BCUT2D eigenvalue weighted by Crippen LogP contribution is 2.09. The maximum atomic E-state index is 5.57. The first-order valence-corrected chi connectivity index (χ1v) is 4.53. The zero-order valence-electron chi connectivity index (χ0n) is 7.15. The maximum Gasteiger partial charge on any atom is 0.228 e. The number of hydrogen-bond acceptors (Lipinski definition) is 7. The van der Waals surface area contributed by atoms with E-state index in [-0.39, 0.29) is 16.5 Å². The molecule has 10 heteroatoms. The zero-order chi connectivity index (χ0) is 10.7. The van der Waals surface area contributed by atoms with Crippen LogP contribution in [0.4, 0.5) is 5.95 Å². The van der Waals surface area contributed by atoms with Crippen molar-refractivity contribution >= 4 is 29.2 Å². The molecule has 0 bridgehead atoms. The Kier molecular flexibility index (Phi) is 2.88. The van der Waals surface area contributed by atoms with Gasteiger partial charge in [-0.1, -0.05) is 5.21 Å². The van der Waals surface area contributed by atoms with Crippen LogP contribution in [0.25, 0.3) is 0 Å². The van der Waals surface area contributed by atoms with Gasteiger partial charge in [-0.2, -0.15) is 20.2 Å². The summed E-state index contributed by atoms with van der Waals surface area (Å²) in [6, 6.07) is 0. The molecule has 0 saturated carbocycles. The van der Waals surface area contributed by atoms with Crippen LogP contribution >= 0.6 is 23.2 Å². The van der Waals surface area contributed by atoms with Gasteiger partial charge in [0.2, 0.25) is 16.5 Å². The monoisotopic (exact) mass is 246 g/mol. The number of halogens is 2. The Morgan fingerprint density at radius 1 is 1.13 bits per heavy atom.